The molecule has 1 aromatic carbocycles. The van der Waals surface area contributed by atoms with Crippen LogP contribution in [0.2, 0.25) is 10.0 Å². The Morgan fingerprint density at radius 1 is 1.21 bits per heavy atom. The first-order valence-electron chi connectivity index (χ1n) is 6.11. The Morgan fingerprint density at radius 3 is 2.37 bits per heavy atom. The highest BCUT2D eigenvalue weighted by atomic mass is 35.5. The number of benzene rings is 1. The zero-order valence-electron chi connectivity index (χ0n) is 10.9. The number of hydrogen-bond donors (Lipinski definition) is 1. The molecule has 2 aromatic rings. The maximum atomic E-state index is 6.23. The van der Waals surface area contributed by atoms with Crippen LogP contribution in [-0.2, 0) is 13.1 Å². The van der Waals surface area contributed by atoms with Gasteiger partial charge in [0.15, 0.2) is 5.82 Å². The van der Waals surface area contributed by atoms with Crippen molar-refractivity contribution >= 4 is 23.2 Å². The molecule has 1 aromatic heterocycles. The molecule has 0 saturated heterocycles. The lowest BCUT2D eigenvalue weighted by atomic mass is 10.2. The third-order valence-electron chi connectivity index (χ3n) is 2.74. The Balaban J connectivity index is 2.59. The maximum absolute atomic E-state index is 6.23. The Bertz CT molecular complexity index is 558. The van der Waals surface area contributed by atoms with Gasteiger partial charge in [0.25, 0.3) is 0 Å². The van der Waals surface area contributed by atoms with Crippen LogP contribution >= 0.6 is 23.2 Å². The normalized spacial score (nSPS) is 11.3. The van der Waals surface area contributed by atoms with E-state index in [2.05, 4.69) is 24.0 Å². The minimum absolute atomic E-state index is 0.335. The molecule has 0 atom stereocenters. The van der Waals surface area contributed by atoms with Gasteiger partial charge in [-0.25, -0.2) is 0 Å². The number of halogens is 2. The second-order valence-electron chi connectivity index (χ2n) is 4.75. The van der Waals surface area contributed by atoms with Gasteiger partial charge >= 0.3 is 0 Å². The van der Waals surface area contributed by atoms with E-state index in [1.807, 2.05) is 4.57 Å². The van der Waals surface area contributed by atoms with Crippen LogP contribution in [0.25, 0.3) is 11.4 Å². The van der Waals surface area contributed by atoms with Gasteiger partial charge in [-0.15, -0.1) is 10.2 Å². The largest absolute Gasteiger partial charge is 0.324 e. The average Bonchev–Trinajstić information content (AvgIpc) is 2.71. The molecule has 0 aliphatic rings. The second kappa shape index (κ2) is 5.90. The maximum Gasteiger partial charge on any atom is 0.167 e. The summed E-state index contributed by atoms with van der Waals surface area (Å²) in [6.45, 7) is 5.36. The van der Waals surface area contributed by atoms with E-state index in [0.29, 0.717) is 33.9 Å². The van der Waals surface area contributed by atoms with Crippen molar-refractivity contribution in [1.82, 2.24) is 14.8 Å². The van der Waals surface area contributed by atoms with E-state index in [1.54, 1.807) is 18.2 Å². The molecule has 0 amide bonds. The highest BCUT2D eigenvalue weighted by Crippen LogP contribution is 2.33. The van der Waals surface area contributed by atoms with Crippen LogP contribution in [0, 0.1) is 5.92 Å². The van der Waals surface area contributed by atoms with E-state index in [-0.39, 0.29) is 0 Å². The van der Waals surface area contributed by atoms with E-state index < -0.39 is 0 Å². The van der Waals surface area contributed by atoms with Crippen LogP contribution in [-0.4, -0.2) is 14.8 Å². The molecule has 2 rings (SSSR count). The third-order valence-corrected chi connectivity index (χ3v) is 3.37. The predicted octanol–water partition coefficient (Wildman–Crippen LogP) is 3.37. The van der Waals surface area contributed by atoms with Gasteiger partial charge in [0, 0.05) is 6.54 Å². The van der Waals surface area contributed by atoms with Crippen molar-refractivity contribution in [2.45, 2.75) is 26.9 Å². The zero-order chi connectivity index (χ0) is 14.0. The number of nitrogens with two attached hydrogens (primary N) is 1. The van der Waals surface area contributed by atoms with Crippen molar-refractivity contribution in [1.29, 1.82) is 0 Å². The summed E-state index contributed by atoms with van der Waals surface area (Å²) >= 11 is 12.5. The van der Waals surface area contributed by atoms with Crippen molar-refractivity contribution in [2.75, 3.05) is 0 Å². The van der Waals surface area contributed by atoms with Crippen LogP contribution in [0.1, 0.15) is 19.7 Å². The van der Waals surface area contributed by atoms with Crippen molar-refractivity contribution in [2.24, 2.45) is 11.7 Å². The number of aromatic nitrogens is 3. The van der Waals surface area contributed by atoms with E-state index in [9.17, 15) is 0 Å². The first kappa shape index (κ1) is 14.3. The number of rotatable bonds is 4. The molecule has 4 nitrogen and oxygen atoms in total. The summed E-state index contributed by atoms with van der Waals surface area (Å²) in [5.41, 5.74) is 6.41. The van der Waals surface area contributed by atoms with Crippen LogP contribution in [0.15, 0.2) is 18.2 Å². The molecule has 0 aliphatic heterocycles. The topological polar surface area (TPSA) is 56.7 Å². The molecular formula is C13H16Cl2N4. The molecule has 6 heteroatoms. The quantitative estimate of drug-likeness (QED) is 0.941. The highest BCUT2D eigenvalue weighted by molar-refractivity contribution is 6.38. The minimum Gasteiger partial charge on any atom is -0.324 e. The van der Waals surface area contributed by atoms with Crippen LogP contribution in [0.3, 0.4) is 0 Å². The van der Waals surface area contributed by atoms with Gasteiger partial charge in [0.1, 0.15) is 5.82 Å². The fraction of sp³-hybridized carbons (Fsp3) is 0.385. The summed E-state index contributed by atoms with van der Waals surface area (Å²) in [7, 11) is 0. The summed E-state index contributed by atoms with van der Waals surface area (Å²) in [5.74, 6) is 1.85. The number of nitrogens with zero attached hydrogens (tertiary/aromatic N) is 3. The predicted molar refractivity (Wildman–Crippen MR) is 78.2 cm³/mol. The molecule has 0 saturated carbocycles. The lowest BCUT2D eigenvalue weighted by Crippen LogP contribution is -2.13. The van der Waals surface area contributed by atoms with E-state index in [1.165, 1.54) is 0 Å². The van der Waals surface area contributed by atoms with Gasteiger partial charge in [-0.3, -0.25) is 0 Å². The molecule has 102 valence electrons. The van der Waals surface area contributed by atoms with E-state index in [4.69, 9.17) is 28.9 Å². The van der Waals surface area contributed by atoms with Gasteiger partial charge in [-0.05, 0) is 18.1 Å². The van der Waals surface area contributed by atoms with Crippen LogP contribution in [0.5, 0.6) is 0 Å². The SMILES string of the molecule is CC(C)Cn1c(CN)nnc1-c1c(Cl)cccc1Cl. The molecule has 2 N–H and O–H groups in total. The summed E-state index contributed by atoms with van der Waals surface area (Å²) in [6.07, 6.45) is 0. The van der Waals surface area contributed by atoms with Gasteiger partial charge in [0.2, 0.25) is 0 Å². The third kappa shape index (κ3) is 2.91. The highest BCUT2D eigenvalue weighted by Gasteiger charge is 2.18. The van der Waals surface area contributed by atoms with E-state index in [0.717, 1.165) is 12.4 Å². The molecule has 19 heavy (non-hydrogen) atoms. The van der Waals surface area contributed by atoms with Crippen molar-refractivity contribution < 1.29 is 0 Å². The van der Waals surface area contributed by atoms with Crippen molar-refractivity contribution in [3.63, 3.8) is 0 Å². The number of hydrogen-bond acceptors (Lipinski definition) is 3. The average molecular weight is 299 g/mol. The minimum atomic E-state index is 0.335. The standard InChI is InChI=1S/C13H16Cl2N4/c1-8(2)7-19-11(6-16)17-18-13(19)12-9(14)4-3-5-10(12)15/h3-5,8H,6-7,16H2,1-2H3. The lowest BCUT2D eigenvalue weighted by Gasteiger charge is -2.13. The molecule has 0 unspecified atom stereocenters. The molecule has 0 radical (unpaired) electrons. The lowest BCUT2D eigenvalue weighted by molar-refractivity contribution is 0.510. The molecule has 1 heterocycles. The molecule has 0 spiro atoms. The summed E-state index contributed by atoms with van der Waals surface area (Å²) < 4.78 is 1.98. The molecule has 0 bridgehead atoms. The first-order valence-corrected chi connectivity index (χ1v) is 6.86. The molecule has 0 fully saturated rings. The zero-order valence-corrected chi connectivity index (χ0v) is 12.4. The molecular weight excluding hydrogens is 283 g/mol. The van der Waals surface area contributed by atoms with Crippen molar-refractivity contribution in [3.05, 3.63) is 34.1 Å². The first-order chi connectivity index (χ1) is 9.04. The van der Waals surface area contributed by atoms with Crippen LogP contribution < -0.4 is 5.73 Å². The van der Waals surface area contributed by atoms with Gasteiger partial charge < -0.3 is 10.3 Å². The van der Waals surface area contributed by atoms with Gasteiger partial charge in [-0.1, -0.05) is 43.1 Å². The van der Waals surface area contributed by atoms with Gasteiger partial charge in [-0.2, -0.15) is 0 Å². The fourth-order valence-corrected chi connectivity index (χ4v) is 2.51. The Labute approximate surface area is 122 Å². The summed E-state index contributed by atoms with van der Waals surface area (Å²) in [6, 6.07) is 5.39. The summed E-state index contributed by atoms with van der Waals surface area (Å²) in [4.78, 5) is 0. The van der Waals surface area contributed by atoms with Crippen molar-refractivity contribution in [3.8, 4) is 11.4 Å². The van der Waals surface area contributed by atoms with Gasteiger partial charge in [0.05, 0.1) is 22.2 Å². The monoisotopic (exact) mass is 298 g/mol. The fourth-order valence-electron chi connectivity index (χ4n) is 1.94. The molecule has 0 aliphatic carbocycles. The Morgan fingerprint density at radius 2 is 1.84 bits per heavy atom. The second-order valence-corrected chi connectivity index (χ2v) is 5.56. The van der Waals surface area contributed by atoms with E-state index >= 15 is 0 Å². The Kier molecular flexibility index (Phi) is 4.45. The Hall–Kier alpha value is -1.10. The van der Waals surface area contributed by atoms with Crippen LogP contribution in [0.4, 0.5) is 0 Å². The summed E-state index contributed by atoms with van der Waals surface area (Å²) in [5, 5.41) is 9.44. The smallest absolute Gasteiger partial charge is 0.167 e.